The summed E-state index contributed by atoms with van der Waals surface area (Å²) in [6, 6.07) is 13.7. The molecule has 0 aliphatic rings. The molecule has 0 aliphatic carbocycles. The van der Waals surface area contributed by atoms with Crippen molar-refractivity contribution in [3.05, 3.63) is 63.6 Å². The minimum Gasteiger partial charge on any atom is -0.487 e. The number of rotatable bonds is 5. The van der Waals surface area contributed by atoms with Crippen LogP contribution >= 0.6 is 23.2 Å². The highest BCUT2D eigenvalue weighted by atomic mass is 35.5. The molecular formula is C16H17Cl2NO. The summed E-state index contributed by atoms with van der Waals surface area (Å²) in [5.41, 5.74) is 2.15. The number of ether oxygens (including phenoxy) is 1. The van der Waals surface area contributed by atoms with Crippen molar-refractivity contribution >= 4 is 23.2 Å². The molecule has 20 heavy (non-hydrogen) atoms. The summed E-state index contributed by atoms with van der Waals surface area (Å²) in [6.07, 6.45) is 0. The Morgan fingerprint density at radius 3 is 2.60 bits per heavy atom. The fourth-order valence-electron chi connectivity index (χ4n) is 1.86. The maximum atomic E-state index is 6.25. The van der Waals surface area contributed by atoms with Crippen LogP contribution in [0.2, 0.25) is 10.0 Å². The van der Waals surface area contributed by atoms with Crippen molar-refractivity contribution in [2.45, 2.75) is 19.6 Å². The minimum atomic E-state index is 0.259. The van der Waals surface area contributed by atoms with Crippen LogP contribution in [0.3, 0.4) is 0 Å². The predicted molar refractivity (Wildman–Crippen MR) is 84.7 cm³/mol. The summed E-state index contributed by atoms with van der Waals surface area (Å²) < 4.78 is 5.74. The zero-order chi connectivity index (χ0) is 14.5. The number of hydrogen-bond acceptors (Lipinski definition) is 2. The third-order valence-electron chi connectivity index (χ3n) is 3.17. The van der Waals surface area contributed by atoms with Crippen LogP contribution in [0.25, 0.3) is 0 Å². The molecule has 0 aromatic heterocycles. The van der Waals surface area contributed by atoms with Crippen LogP contribution in [0.4, 0.5) is 0 Å². The minimum absolute atomic E-state index is 0.259. The van der Waals surface area contributed by atoms with E-state index in [-0.39, 0.29) is 6.04 Å². The lowest BCUT2D eigenvalue weighted by molar-refractivity contribution is 0.306. The summed E-state index contributed by atoms with van der Waals surface area (Å²) in [5.74, 6) is 0.679. The van der Waals surface area contributed by atoms with Crippen molar-refractivity contribution in [1.82, 2.24) is 5.32 Å². The van der Waals surface area contributed by atoms with Gasteiger partial charge >= 0.3 is 0 Å². The fraction of sp³-hybridized carbons (Fsp3) is 0.250. The van der Waals surface area contributed by atoms with Gasteiger partial charge < -0.3 is 10.1 Å². The van der Waals surface area contributed by atoms with Crippen molar-refractivity contribution in [3.63, 3.8) is 0 Å². The molecule has 2 aromatic rings. The van der Waals surface area contributed by atoms with Crippen molar-refractivity contribution in [2.75, 3.05) is 7.05 Å². The molecule has 0 fully saturated rings. The van der Waals surface area contributed by atoms with Gasteiger partial charge in [-0.2, -0.15) is 0 Å². The van der Waals surface area contributed by atoms with Crippen LogP contribution < -0.4 is 10.1 Å². The second-order valence-corrected chi connectivity index (χ2v) is 5.46. The van der Waals surface area contributed by atoms with E-state index in [0.29, 0.717) is 22.4 Å². The number of halogens is 2. The van der Waals surface area contributed by atoms with E-state index in [1.54, 1.807) is 0 Å². The standard InChI is InChI=1S/C16H17Cl2NO/c1-11(19-2)13-6-7-16(15(18)9-13)20-10-12-4-3-5-14(17)8-12/h3-9,11,19H,10H2,1-2H3. The summed E-state index contributed by atoms with van der Waals surface area (Å²) in [6.45, 7) is 2.53. The Balaban J connectivity index is 2.07. The largest absolute Gasteiger partial charge is 0.487 e. The molecule has 0 saturated carbocycles. The van der Waals surface area contributed by atoms with Crippen LogP contribution in [0, 0.1) is 0 Å². The molecular weight excluding hydrogens is 293 g/mol. The van der Waals surface area contributed by atoms with E-state index in [9.17, 15) is 0 Å². The maximum Gasteiger partial charge on any atom is 0.138 e. The molecule has 0 saturated heterocycles. The molecule has 1 atom stereocenters. The molecule has 1 N–H and O–H groups in total. The van der Waals surface area contributed by atoms with Gasteiger partial charge in [-0.3, -0.25) is 0 Å². The van der Waals surface area contributed by atoms with E-state index in [4.69, 9.17) is 27.9 Å². The first kappa shape index (κ1) is 15.2. The molecule has 1 unspecified atom stereocenters. The van der Waals surface area contributed by atoms with Gasteiger partial charge in [0.1, 0.15) is 12.4 Å². The van der Waals surface area contributed by atoms with Gasteiger partial charge in [-0.1, -0.05) is 41.4 Å². The van der Waals surface area contributed by atoms with E-state index in [2.05, 4.69) is 12.2 Å². The second-order valence-electron chi connectivity index (χ2n) is 4.62. The van der Waals surface area contributed by atoms with Gasteiger partial charge in [0, 0.05) is 11.1 Å². The molecule has 2 aromatic carbocycles. The van der Waals surface area contributed by atoms with Crippen molar-refractivity contribution in [1.29, 1.82) is 0 Å². The highest BCUT2D eigenvalue weighted by molar-refractivity contribution is 6.32. The van der Waals surface area contributed by atoms with E-state index in [1.807, 2.05) is 49.5 Å². The number of benzene rings is 2. The van der Waals surface area contributed by atoms with E-state index in [1.165, 1.54) is 0 Å². The number of hydrogen-bond donors (Lipinski definition) is 1. The van der Waals surface area contributed by atoms with Gasteiger partial charge in [0.25, 0.3) is 0 Å². The molecule has 106 valence electrons. The Hall–Kier alpha value is -1.22. The number of nitrogens with one attached hydrogen (secondary N) is 1. The monoisotopic (exact) mass is 309 g/mol. The lowest BCUT2D eigenvalue weighted by Crippen LogP contribution is -2.12. The lowest BCUT2D eigenvalue weighted by Gasteiger charge is -2.13. The van der Waals surface area contributed by atoms with Crippen LogP contribution in [-0.2, 0) is 6.61 Å². The van der Waals surface area contributed by atoms with Crippen molar-refractivity contribution in [3.8, 4) is 5.75 Å². The molecule has 0 spiro atoms. The van der Waals surface area contributed by atoms with Crippen LogP contribution in [0.15, 0.2) is 42.5 Å². The van der Waals surface area contributed by atoms with E-state index in [0.717, 1.165) is 11.1 Å². The SMILES string of the molecule is CNC(C)c1ccc(OCc2cccc(Cl)c2)c(Cl)c1. The highest BCUT2D eigenvalue weighted by Gasteiger charge is 2.07. The van der Waals surface area contributed by atoms with Crippen molar-refractivity contribution < 1.29 is 4.74 Å². The molecule has 0 heterocycles. The average molecular weight is 310 g/mol. The average Bonchev–Trinajstić information content (AvgIpc) is 2.45. The molecule has 4 heteroatoms. The summed E-state index contributed by atoms with van der Waals surface area (Å²) >= 11 is 12.2. The summed E-state index contributed by atoms with van der Waals surface area (Å²) in [5, 5.41) is 4.50. The Morgan fingerprint density at radius 2 is 1.95 bits per heavy atom. The van der Waals surface area contributed by atoms with Gasteiger partial charge in [-0.25, -0.2) is 0 Å². The summed E-state index contributed by atoms with van der Waals surface area (Å²) in [4.78, 5) is 0. The zero-order valence-electron chi connectivity index (χ0n) is 11.5. The Morgan fingerprint density at radius 1 is 1.15 bits per heavy atom. The molecule has 0 radical (unpaired) electrons. The third-order valence-corrected chi connectivity index (χ3v) is 3.70. The van der Waals surface area contributed by atoms with Crippen molar-refractivity contribution in [2.24, 2.45) is 0 Å². The van der Waals surface area contributed by atoms with Crippen LogP contribution in [0.1, 0.15) is 24.1 Å². The summed E-state index contributed by atoms with van der Waals surface area (Å²) in [7, 11) is 1.92. The first-order valence-corrected chi connectivity index (χ1v) is 7.19. The molecule has 0 amide bonds. The van der Waals surface area contributed by atoms with E-state index < -0.39 is 0 Å². The second kappa shape index (κ2) is 6.98. The fourth-order valence-corrected chi connectivity index (χ4v) is 2.31. The predicted octanol–water partition coefficient (Wildman–Crippen LogP) is 4.85. The van der Waals surface area contributed by atoms with Gasteiger partial charge in [0.2, 0.25) is 0 Å². The molecule has 2 rings (SSSR count). The first-order chi connectivity index (χ1) is 9.60. The topological polar surface area (TPSA) is 21.3 Å². The van der Waals surface area contributed by atoms with Gasteiger partial charge in [0.15, 0.2) is 0 Å². The maximum absolute atomic E-state index is 6.25. The quantitative estimate of drug-likeness (QED) is 0.852. The first-order valence-electron chi connectivity index (χ1n) is 6.44. The van der Waals surface area contributed by atoms with Crippen LogP contribution in [-0.4, -0.2) is 7.05 Å². The Labute approximate surface area is 129 Å². The van der Waals surface area contributed by atoms with Gasteiger partial charge in [0.05, 0.1) is 5.02 Å². The van der Waals surface area contributed by atoms with E-state index >= 15 is 0 Å². The molecule has 2 nitrogen and oxygen atoms in total. The molecule has 0 bridgehead atoms. The normalized spacial score (nSPS) is 12.2. The van der Waals surface area contributed by atoms with Gasteiger partial charge in [-0.15, -0.1) is 0 Å². The highest BCUT2D eigenvalue weighted by Crippen LogP contribution is 2.28. The molecule has 0 aliphatic heterocycles. The Bertz CT molecular complexity index is 586. The van der Waals surface area contributed by atoms with Crippen LogP contribution in [0.5, 0.6) is 5.75 Å². The smallest absolute Gasteiger partial charge is 0.138 e. The lowest BCUT2D eigenvalue weighted by atomic mass is 10.1. The third kappa shape index (κ3) is 3.89. The Kier molecular flexibility index (Phi) is 5.30. The zero-order valence-corrected chi connectivity index (χ0v) is 13.0. The van der Waals surface area contributed by atoms with Gasteiger partial charge in [-0.05, 0) is 49.4 Å².